The van der Waals surface area contributed by atoms with E-state index in [1.165, 1.54) is 17.0 Å². The van der Waals surface area contributed by atoms with E-state index >= 15 is 0 Å². The van der Waals surface area contributed by atoms with Gasteiger partial charge in [0, 0.05) is 39.3 Å². The van der Waals surface area contributed by atoms with Gasteiger partial charge >= 0.3 is 6.18 Å². The first-order valence-corrected chi connectivity index (χ1v) is 13.2. The van der Waals surface area contributed by atoms with Crippen LogP contribution in [-0.4, -0.2) is 73.3 Å². The van der Waals surface area contributed by atoms with Gasteiger partial charge in [0.15, 0.2) is 0 Å². The van der Waals surface area contributed by atoms with Gasteiger partial charge in [-0.3, -0.25) is 9.59 Å². The Morgan fingerprint density at radius 2 is 1.90 bits per heavy atom. The van der Waals surface area contributed by atoms with Gasteiger partial charge in [0.05, 0.1) is 12.2 Å². The Balaban J connectivity index is 1.51. The van der Waals surface area contributed by atoms with Crippen LogP contribution in [0.1, 0.15) is 48.5 Å². The third kappa shape index (κ3) is 7.13. The normalized spacial score (nSPS) is 15.9. The molecular formula is C27H34ClF3N4O4. The van der Waals surface area contributed by atoms with Crippen molar-refractivity contribution in [2.45, 2.75) is 44.4 Å². The molecule has 1 saturated heterocycles. The van der Waals surface area contributed by atoms with Gasteiger partial charge < -0.3 is 25.0 Å². The lowest BCUT2D eigenvalue weighted by Crippen LogP contribution is -2.54. The molecule has 2 heterocycles. The maximum absolute atomic E-state index is 13.9. The first-order valence-electron chi connectivity index (χ1n) is 12.8. The van der Waals surface area contributed by atoms with Crippen molar-refractivity contribution in [2.75, 3.05) is 45.2 Å². The Kier molecular flexibility index (Phi) is 10.1. The third-order valence-corrected chi connectivity index (χ3v) is 7.07. The summed E-state index contributed by atoms with van der Waals surface area (Å²) < 4.78 is 46.8. The van der Waals surface area contributed by atoms with Crippen molar-refractivity contribution >= 4 is 29.2 Å². The summed E-state index contributed by atoms with van der Waals surface area (Å²) in [7, 11) is 3.28. The lowest BCUT2D eigenvalue weighted by Gasteiger charge is -2.33. The number of nitrogens with zero attached hydrogens (tertiary/aromatic N) is 3. The molecule has 0 aliphatic carbocycles. The SMILES string of the molecule is CCOc1cccc(C(O)(C(=O)NCCCC2CCN(c3ccc(C(=O)N(C)C)c(Cl)n3)CC2)C(F)(F)F)c1. The molecule has 2 N–H and O–H groups in total. The van der Waals surface area contributed by atoms with E-state index in [0.29, 0.717) is 43.2 Å². The lowest BCUT2D eigenvalue weighted by molar-refractivity contribution is -0.257. The van der Waals surface area contributed by atoms with E-state index in [9.17, 15) is 27.9 Å². The van der Waals surface area contributed by atoms with Crippen LogP contribution in [0.15, 0.2) is 36.4 Å². The van der Waals surface area contributed by atoms with Gasteiger partial charge in [-0.25, -0.2) is 4.98 Å². The molecule has 1 atom stereocenters. The van der Waals surface area contributed by atoms with Gasteiger partial charge in [0.25, 0.3) is 17.4 Å². The zero-order chi connectivity index (χ0) is 28.8. The van der Waals surface area contributed by atoms with Crippen LogP contribution in [0.5, 0.6) is 5.75 Å². The molecule has 1 unspecified atom stereocenters. The summed E-state index contributed by atoms with van der Waals surface area (Å²) in [6.07, 6.45) is -2.37. The van der Waals surface area contributed by atoms with Gasteiger partial charge in [-0.1, -0.05) is 23.7 Å². The number of halogens is 4. The van der Waals surface area contributed by atoms with E-state index in [0.717, 1.165) is 25.0 Å². The molecule has 0 saturated carbocycles. The van der Waals surface area contributed by atoms with Gasteiger partial charge in [-0.2, -0.15) is 13.2 Å². The molecule has 1 aliphatic rings. The highest BCUT2D eigenvalue weighted by Gasteiger charge is 2.60. The number of aromatic nitrogens is 1. The zero-order valence-electron chi connectivity index (χ0n) is 22.2. The Hall–Kier alpha value is -3.05. The fourth-order valence-corrected chi connectivity index (χ4v) is 4.80. The fourth-order valence-electron chi connectivity index (χ4n) is 4.57. The molecule has 2 aromatic rings. The van der Waals surface area contributed by atoms with Gasteiger partial charge in [-0.15, -0.1) is 0 Å². The minimum atomic E-state index is -5.22. The summed E-state index contributed by atoms with van der Waals surface area (Å²) in [6, 6.07) is 8.27. The summed E-state index contributed by atoms with van der Waals surface area (Å²) >= 11 is 6.23. The number of carbonyl (C=O) groups excluding carboxylic acids is 2. The van der Waals surface area contributed by atoms with Crippen molar-refractivity contribution in [3.8, 4) is 5.75 Å². The van der Waals surface area contributed by atoms with Crippen LogP contribution in [0, 0.1) is 5.92 Å². The lowest BCUT2D eigenvalue weighted by atomic mass is 9.91. The highest BCUT2D eigenvalue weighted by Crippen LogP contribution is 2.40. The van der Waals surface area contributed by atoms with Crippen molar-refractivity contribution in [3.05, 3.63) is 52.7 Å². The number of carbonyl (C=O) groups is 2. The summed E-state index contributed by atoms with van der Waals surface area (Å²) in [5, 5.41) is 12.9. The van der Waals surface area contributed by atoms with Crippen LogP contribution in [-0.2, 0) is 10.4 Å². The van der Waals surface area contributed by atoms with Crippen molar-refractivity contribution in [2.24, 2.45) is 5.92 Å². The highest BCUT2D eigenvalue weighted by molar-refractivity contribution is 6.32. The van der Waals surface area contributed by atoms with Crippen LogP contribution in [0.4, 0.5) is 19.0 Å². The van der Waals surface area contributed by atoms with Gasteiger partial charge in [0.2, 0.25) is 0 Å². The van der Waals surface area contributed by atoms with E-state index in [4.69, 9.17) is 16.3 Å². The smallest absolute Gasteiger partial charge is 0.430 e. The number of alkyl halides is 3. The summed E-state index contributed by atoms with van der Waals surface area (Å²) in [5.74, 6) is -0.601. The predicted octanol–water partition coefficient (Wildman–Crippen LogP) is 4.40. The second-order valence-corrected chi connectivity index (χ2v) is 10.1. The number of hydrogen-bond donors (Lipinski definition) is 2. The summed E-state index contributed by atoms with van der Waals surface area (Å²) in [6.45, 7) is 3.34. The fraction of sp³-hybridized carbons (Fsp3) is 0.519. The molecule has 1 aliphatic heterocycles. The molecule has 2 amide bonds. The Morgan fingerprint density at radius 3 is 2.49 bits per heavy atom. The van der Waals surface area contributed by atoms with Crippen molar-refractivity contribution in [3.63, 3.8) is 0 Å². The van der Waals surface area contributed by atoms with Crippen LogP contribution in [0.3, 0.4) is 0 Å². The molecule has 0 radical (unpaired) electrons. The molecule has 214 valence electrons. The maximum Gasteiger partial charge on any atom is 0.430 e. The number of rotatable bonds is 10. The third-order valence-electron chi connectivity index (χ3n) is 6.79. The molecule has 3 rings (SSSR count). The van der Waals surface area contributed by atoms with Gasteiger partial charge in [-0.05, 0) is 62.8 Å². The standard InChI is InChI=1S/C27H34ClF3N4O4/c1-4-39-20-9-5-8-19(17-20)26(38,27(29,30)31)25(37)32-14-6-7-18-12-15-35(16-13-18)22-11-10-21(23(28)33-22)24(36)34(2)3/h5,8-11,17-18,38H,4,6-7,12-16H2,1-3H3,(H,32,37). The monoisotopic (exact) mass is 570 g/mol. The highest BCUT2D eigenvalue weighted by atomic mass is 35.5. The minimum Gasteiger partial charge on any atom is -0.494 e. The number of pyridine rings is 1. The van der Waals surface area contributed by atoms with Crippen molar-refractivity contribution in [1.29, 1.82) is 0 Å². The topological polar surface area (TPSA) is 95.0 Å². The van der Waals surface area contributed by atoms with Crippen LogP contribution < -0.4 is 15.0 Å². The van der Waals surface area contributed by atoms with E-state index in [1.54, 1.807) is 33.2 Å². The molecule has 39 heavy (non-hydrogen) atoms. The van der Waals surface area contributed by atoms with Crippen molar-refractivity contribution < 1.29 is 32.6 Å². The number of piperidine rings is 1. The molecule has 8 nitrogen and oxygen atoms in total. The minimum absolute atomic E-state index is 0.00111. The molecule has 0 bridgehead atoms. The predicted molar refractivity (Wildman–Crippen MR) is 142 cm³/mol. The number of ether oxygens (including phenoxy) is 1. The molecular weight excluding hydrogens is 537 g/mol. The van der Waals surface area contributed by atoms with E-state index in [2.05, 4.69) is 15.2 Å². The number of benzene rings is 1. The number of amides is 2. The second-order valence-electron chi connectivity index (χ2n) is 9.70. The van der Waals surface area contributed by atoms with E-state index < -0.39 is 23.2 Å². The Labute approximate surface area is 231 Å². The first kappa shape index (κ1) is 30.5. The average molecular weight is 571 g/mol. The molecule has 12 heteroatoms. The summed E-state index contributed by atoms with van der Waals surface area (Å²) in [4.78, 5) is 32.6. The zero-order valence-corrected chi connectivity index (χ0v) is 23.0. The maximum atomic E-state index is 13.9. The molecule has 1 aromatic heterocycles. The number of hydrogen-bond acceptors (Lipinski definition) is 6. The van der Waals surface area contributed by atoms with Gasteiger partial charge in [0.1, 0.15) is 16.7 Å². The van der Waals surface area contributed by atoms with Crippen LogP contribution >= 0.6 is 11.6 Å². The number of nitrogens with one attached hydrogen (secondary N) is 1. The molecule has 1 fully saturated rings. The van der Waals surface area contributed by atoms with E-state index in [1.807, 2.05) is 0 Å². The van der Waals surface area contributed by atoms with E-state index in [-0.39, 0.29) is 30.0 Å². The van der Waals surface area contributed by atoms with Crippen molar-refractivity contribution in [1.82, 2.24) is 15.2 Å². The number of anilines is 1. The molecule has 0 spiro atoms. The Morgan fingerprint density at radius 1 is 1.21 bits per heavy atom. The van der Waals surface area contributed by atoms with Crippen LogP contribution in [0.25, 0.3) is 0 Å². The second kappa shape index (κ2) is 12.9. The number of aliphatic hydroxyl groups is 1. The largest absolute Gasteiger partial charge is 0.494 e. The first-order chi connectivity index (χ1) is 18.4. The molecule has 1 aromatic carbocycles. The Bertz CT molecular complexity index is 1160. The quantitative estimate of drug-likeness (QED) is 0.325. The summed E-state index contributed by atoms with van der Waals surface area (Å²) in [5.41, 5.74) is -3.95. The van der Waals surface area contributed by atoms with Crippen LogP contribution in [0.2, 0.25) is 5.15 Å². The average Bonchev–Trinajstić information content (AvgIpc) is 2.90.